The van der Waals surface area contributed by atoms with Crippen LogP contribution in [0.15, 0.2) is 47.8 Å². The number of rotatable bonds is 7. The van der Waals surface area contributed by atoms with Gasteiger partial charge < -0.3 is 15.2 Å². The number of fused-ring (bicyclic) bond motifs is 1. The van der Waals surface area contributed by atoms with Crippen molar-refractivity contribution in [3.8, 4) is 5.88 Å². The van der Waals surface area contributed by atoms with Crippen LogP contribution in [0.5, 0.6) is 5.88 Å². The molecule has 0 saturated carbocycles. The van der Waals surface area contributed by atoms with Gasteiger partial charge >= 0.3 is 0 Å². The van der Waals surface area contributed by atoms with Crippen LogP contribution in [0.3, 0.4) is 0 Å². The van der Waals surface area contributed by atoms with Gasteiger partial charge in [-0.1, -0.05) is 0 Å². The number of hydrogen-bond donors (Lipinski definition) is 4. The Balaban J connectivity index is 1.84. The van der Waals surface area contributed by atoms with Crippen LogP contribution in [0.1, 0.15) is 6.92 Å². The van der Waals surface area contributed by atoms with Crippen molar-refractivity contribution in [1.29, 1.82) is 4.78 Å². The van der Waals surface area contributed by atoms with Gasteiger partial charge in [-0.05, 0) is 31.2 Å². The van der Waals surface area contributed by atoms with Gasteiger partial charge in [-0.15, -0.1) is 0 Å². The van der Waals surface area contributed by atoms with Gasteiger partial charge in [0.05, 0.1) is 23.8 Å². The zero-order valence-corrected chi connectivity index (χ0v) is 15.7. The van der Waals surface area contributed by atoms with Gasteiger partial charge in [0, 0.05) is 30.5 Å². The average molecular weight is 388 g/mol. The minimum Gasteiger partial charge on any atom is -0.479 e. The number of aliphatic hydroxyl groups is 1. The fraction of sp³-hybridized carbons (Fsp3) is 0.235. The molecule has 0 spiro atoms. The molecule has 1 unspecified atom stereocenters. The molecule has 142 valence electrons. The predicted octanol–water partition coefficient (Wildman–Crippen LogP) is 2.07. The third-order valence-corrected chi connectivity index (χ3v) is 5.21. The Hall–Kier alpha value is -2.82. The van der Waals surface area contributed by atoms with Crippen molar-refractivity contribution in [3.05, 3.63) is 42.9 Å². The average Bonchev–Trinajstić information content (AvgIpc) is 2.67. The fourth-order valence-corrected chi connectivity index (χ4v) is 3.50. The van der Waals surface area contributed by atoms with E-state index in [1.165, 1.54) is 13.3 Å². The lowest BCUT2D eigenvalue weighted by Crippen LogP contribution is -2.29. The summed E-state index contributed by atoms with van der Waals surface area (Å²) in [5.41, 5.74) is 1.39. The predicted molar refractivity (Wildman–Crippen MR) is 102 cm³/mol. The summed E-state index contributed by atoms with van der Waals surface area (Å²) in [4.78, 5) is 12.9. The third kappa shape index (κ3) is 4.30. The van der Waals surface area contributed by atoms with E-state index in [-0.39, 0.29) is 11.4 Å². The maximum absolute atomic E-state index is 12.4. The van der Waals surface area contributed by atoms with E-state index < -0.39 is 16.0 Å². The number of nitrogens with zero attached hydrogens (tertiary/aromatic N) is 3. The molecule has 3 aromatic rings. The summed E-state index contributed by atoms with van der Waals surface area (Å²) in [5, 5.41) is 13.3. The smallest absolute Gasteiger partial charge is 0.240 e. The first kappa shape index (κ1) is 19.0. The Bertz CT molecular complexity index is 1040. The lowest BCUT2D eigenvalue weighted by atomic mass is 10.2. The normalized spacial score (nSPS) is 14.5. The number of hydrogen-bond acceptors (Lipinski definition) is 8. The Morgan fingerprint density at radius 1 is 1.22 bits per heavy atom. The van der Waals surface area contributed by atoms with E-state index in [4.69, 9.17) is 9.52 Å². The second kappa shape index (κ2) is 7.82. The van der Waals surface area contributed by atoms with Gasteiger partial charge in [0.1, 0.15) is 21.2 Å². The van der Waals surface area contributed by atoms with Gasteiger partial charge in [0.15, 0.2) is 0 Å². The van der Waals surface area contributed by atoms with E-state index in [9.17, 15) is 9.32 Å². The molecule has 0 aromatic carbocycles. The molecule has 9 nitrogen and oxygen atoms in total. The second-order valence-corrected chi connectivity index (χ2v) is 7.71. The summed E-state index contributed by atoms with van der Waals surface area (Å²) in [7, 11) is -1.69. The van der Waals surface area contributed by atoms with Crippen molar-refractivity contribution < 1.29 is 14.1 Å². The monoisotopic (exact) mass is 388 g/mol. The minimum absolute atomic E-state index is 0.0568. The van der Waals surface area contributed by atoms with Gasteiger partial charge in [-0.3, -0.25) is 4.98 Å². The van der Waals surface area contributed by atoms with E-state index in [1.54, 1.807) is 37.5 Å². The third-order valence-electron chi connectivity index (χ3n) is 3.73. The number of methoxy groups -OCH3 is 1. The Labute approximate surface area is 157 Å². The van der Waals surface area contributed by atoms with Crippen LogP contribution in [-0.2, 0) is 9.92 Å². The van der Waals surface area contributed by atoms with Crippen LogP contribution < -0.4 is 14.8 Å². The van der Waals surface area contributed by atoms with Gasteiger partial charge in [-0.2, -0.15) is 0 Å². The molecule has 0 radical (unpaired) electrons. The van der Waals surface area contributed by atoms with Crippen LogP contribution in [-0.4, -0.2) is 44.0 Å². The molecule has 3 aromatic heterocycles. The standard InChI is InChI=1S/C17H20N6O3S/c1-11(24)9-22-27(18,25)12-3-4-15(21-10-12)23-14-6-8-19-16-13(14)5-7-20-17(16)26-2/h3-8,10-11,24H,9H2,1-2H3,(H2,18,22,25)(H,19,21,23)/t11-,27?/m1/s1. The van der Waals surface area contributed by atoms with Crippen LogP contribution in [0, 0.1) is 4.78 Å². The molecule has 27 heavy (non-hydrogen) atoms. The fourth-order valence-electron chi connectivity index (χ4n) is 2.39. The van der Waals surface area contributed by atoms with E-state index in [2.05, 4.69) is 25.0 Å². The molecule has 2 atom stereocenters. The second-order valence-electron chi connectivity index (χ2n) is 5.83. The zero-order chi connectivity index (χ0) is 19.4. The zero-order valence-electron chi connectivity index (χ0n) is 14.8. The number of aliphatic hydroxyl groups excluding tert-OH is 1. The van der Waals surface area contributed by atoms with Crippen LogP contribution >= 0.6 is 0 Å². The number of ether oxygens (including phenoxy) is 1. The molecule has 10 heteroatoms. The maximum atomic E-state index is 12.4. The van der Waals surface area contributed by atoms with Crippen molar-refractivity contribution in [2.75, 3.05) is 19.0 Å². The SMILES string of the molecule is COc1nccc2c(Nc3ccc(S(=N)(=O)NC[C@@H](C)O)cn3)ccnc12. The van der Waals surface area contributed by atoms with Crippen molar-refractivity contribution in [2.45, 2.75) is 17.9 Å². The maximum Gasteiger partial charge on any atom is 0.240 e. The Morgan fingerprint density at radius 2 is 2.00 bits per heavy atom. The van der Waals surface area contributed by atoms with Gasteiger partial charge in [0.2, 0.25) is 5.88 Å². The number of anilines is 2. The quantitative estimate of drug-likeness (QED) is 0.487. The van der Waals surface area contributed by atoms with Crippen molar-refractivity contribution >= 4 is 32.3 Å². The summed E-state index contributed by atoms with van der Waals surface area (Å²) in [6.45, 7) is 1.61. The first-order valence-electron chi connectivity index (χ1n) is 8.13. The molecule has 3 rings (SSSR count). The van der Waals surface area contributed by atoms with E-state index in [0.717, 1.165) is 11.1 Å². The van der Waals surface area contributed by atoms with E-state index in [0.29, 0.717) is 17.2 Å². The van der Waals surface area contributed by atoms with Crippen molar-refractivity contribution in [2.24, 2.45) is 0 Å². The molecule has 0 bridgehead atoms. The lowest BCUT2D eigenvalue weighted by Gasteiger charge is -2.12. The summed E-state index contributed by atoms with van der Waals surface area (Å²) in [6.07, 6.45) is 3.95. The highest BCUT2D eigenvalue weighted by atomic mass is 32.2. The van der Waals surface area contributed by atoms with Crippen LogP contribution in [0.4, 0.5) is 11.5 Å². The molecular formula is C17H20N6O3S. The molecule has 0 aliphatic carbocycles. The molecule has 0 aliphatic heterocycles. The minimum atomic E-state index is -3.22. The molecule has 0 amide bonds. The summed E-state index contributed by atoms with van der Waals surface area (Å²) >= 11 is 0. The van der Waals surface area contributed by atoms with Gasteiger partial charge in [-0.25, -0.2) is 23.7 Å². The molecule has 3 heterocycles. The molecule has 4 N–H and O–H groups in total. The highest BCUT2D eigenvalue weighted by Crippen LogP contribution is 2.28. The first-order chi connectivity index (χ1) is 12.9. The highest BCUT2D eigenvalue weighted by molar-refractivity contribution is 7.90. The van der Waals surface area contributed by atoms with E-state index in [1.807, 2.05) is 6.07 Å². The van der Waals surface area contributed by atoms with Crippen LogP contribution in [0.25, 0.3) is 10.9 Å². The lowest BCUT2D eigenvalue weighted by molar-refractivity contribution is 0.199. The number of aromatic nitrogens is 3. The van der Waals surface area contributed by atoms with E-state index >= 15 is 0 Å². The molecule has 0 aliphatic rings. The topological polar surface area (TPSA) is 133 Å². The summed E-state index contributed by atoms with van der Waals surface area (Å²) < 4.78 is 28.0. The molecular weight excluding hydrogens is 368 g/mol. The first-order valence-corrected chi connectivity index (χ1v) is 9.69. The number of nitrogens with one attached hydrogen (secondary N) is 3. The Morgan fingerprint density at radius 3 is 2.67 bits per heavy atom. The summed E-state index contributed by atoms with van der Waals surface area (Å²) in [5.74, 6) is 0.949. The highest BCUT2D eigenvalue weighted by Gasteiger charge is 2.12. The summed E-state index contributed by atoms with van der Waals surface area (Å²) in [6, 6.07) is 6.82. The van der Waals surface area contributed by atoms with Crippen molar-refractivity contribution in [1.82, 2.24) is 19.7 Å². The molecule has 0 fully saturated rings. The number of pyridine rings is 3. The largest absolute Gasteiger partial charge is 0.479 e. The van der Waals surface area contributed by atoms with Crippen LogP contribution in [0.2, 0.25) is 0 Å². The molecule has 0 saturated heterocycles. The van der Waals surface area contributed by atoms with Gasteiger partial charge in [0.25, 0.3) is 0 Å². The van der Waals surface area contributed by atoms with Crippen molar-refractivity contribution in [3.63, 3.8) is 0 Å². The Kier molecular flexibility index (Phi) is 5.49.